The van der Waals surface area contributed by atoms with Crippen LogP contribution in [0.4, 0.5) is 4.39 Å². The number of hydrogen-bond acceptors (Lipinski definition) is 2. The monoisotopic (exact) mass is 267 g/mol. The Morgan fingerprint density at radius 1 is 1.21 bits per heavy atom. The van der Waals surface area contributed by atoms with Crippen molar-refractivity contribution in [1.29, 1.82) is 0 Å². The number of nitrogens with one attached hydrogen (secondary N) is 1. The maximum Gasteiger partial charge on any atom is 0.127 e. The molecule has 0 radical (unpaired) electrons. The van der Waals surface area contributed by atoms with Crippen molar-refractivity contribution >= 4 is 0 Å². The Hall–Kier alpha value is -0.930. The fourth-order valence-electron chi connectivity index (χ4n) is 2.48. The van der Waals surface area contributed by atoms with Gasteiger partial charge >= 0.3 is 0 Å². The molecule has 0 aromatic heterocycles. The molecule has 2 nitrogen and oxygen atoms in total. The van der Waals surface area contributed by atoms with Gasteiger partial charge in [-0.05, 0) is 37.8 Å². The largest absolute Gasteiger partial charge is 0.396 e. The van der Waals surface area contributed by atoms with Gasteiger partial charge in [-0.3, -0.25) is 0 Å². The standard InChI is InChI=1S/C16H26FNO/c1-3-7-13(10-11-19)12-18-16(4-2)14-8-5-6-9-15(14)17/h5-6,8-9,13,16,18-19H,3-4,7,10-12H2,1-2H3. The SMILES string of the molecule is CCCC(CCO)CNC(CC)c1ccccc1F. The summed E-state index contributed by atoms with van der Waals surface area (Å²) in [6.45, 7) is 5.27. The van der Waals surface area contributed by atoms with Crippen LogP contribution < -0.4 is 5.32 Å². The average molecular weight is 267 g/mol. The Bertz CT molecular complexity index is 350. The van der Waals surface area contributed by atoms with Gasteiger partial charge in [-0.2, -0.15) is 0 Å². The molecule has 2 unspecified atom stereocenters. The zero-order chi connectivity index (χ0) is 14.1. The molecule has 0 aliphatic rings. The van der Waals surface area contributed by atoms with Crippen LogP contribution in [0.15, 0.2) is 24.3 Å². The first-order chi connectivity index (χ1) is 9.22. The molecule has 0 aliphatic carbocycles. The molecule has 0 aliphatic heterocycles. The van der Waals surface area contributed by atoms with Crippen LogP contribution in [0.1, 0.15) is 51.1 Å². The van der Waals surface area contributed by atoms with Gasteiger partial charge in [-0.25, -0.2) is 4.39 Å². The van der Waals surface area contributed by atoms with Crippen LogP contribution in [0, 0.1) is 11.7 Å². The minimum atomic E-state index is -0.143. The van der Waals surface area contributed by atoms with Crippen molar-refractivity contribution in [3.05, 3.63) is 35.6 Å². The van der Waals surface area contributed by atoms with E-state index in [1.54, 1.807) is 6.07 Å². The highest BCUT2D eigenvalue weighted by molar-refractivity contribution is 5.21. The van der Waals surface area contributed by atoms with Crippen molar-refractivity contribution in [1.82, 2.24) is 5.32 Å². The fourth-order valence-corrected chi connectivity index (χ4v) is 2.48. The molecular formula is C16H26FNO. The first-order valence-electron chi connectivity index (χ1n) is 7.31. The van der Waals surface area contributed by atoms with Crippen molar-refractivity contribution in [2.75, 3.05) is 13.2 Å². The molecule has 0 heterocycles. The van der Waals surface area contributed by atoms with Crippen molar-refractivity contribution in [3.8, 4) is 0 Å². The minimum Gasteiger partial charge on any atom is -0.396 e. The summed E-state index contributed by atoms with van der Waals surface area (Å²) in [7, 11) is 0. The first-order valence-corrected chi connectivity index (χ1v) is 7.31. The number of halogens is 1. The Balaban J connectivity index is 2.59. The van der Waals surface area contributed by atoms with Crippen LogP contribution in [0.25, 0.3) is 0 Å². The normalized spacial score (nSPS) is 14.3. The lowest BCUT2D eigenvalue weighted by molar-refractivity contribution is 0.244. The predicted molar refractivity (Wildman–Crippen MR) is 77.5 cm³/mol. The van der Waals surface area contributed by atoms with E-state index in [-0.39, 0.29) is 18.5 Å². The molecule has 0 fully saturated rings. The molecule has 0 saturated carbocycles. The van der Waals surface area contributed by atoms with E-state index in [1.165, 1.54) is 6.07 Å². The van der Waals surface area contributed by atoms with Gasteiger partial charge in [0.1, 0.15) is 5.82 Å². The van der Waals surface area contributed by atoms with E-state index < -0.39 is 0 Å². The highest BCUT2D eigenvalue weighted by Gasteiger charge is 2.15. The number of aliphatic hydroxyl groups is 1. The first kappa shape index (κ1) is 16.1. The van der Waals surface area contributed by atoms with Crippen molar-refractivity contribution < 1.29 is 9.50 Å². The van der Waals surface area contributed by atoms with E-state index in [9.17, 15) is 4.39 Å². The molecule has 1 aromatic rings. The van der Waals surface area contributed by atoms with E-state index >= 15 is 0 Å². The van der Waals surface area contributed by atoms with Gasteiger partial charge in [0, 0.05) is 18.2 Å². The summed E-state index contributed by atoms with van der Waals surface area (Å²) < 4.78 is 13.8. The smallest absolute Gasteiger partial charge is 0.127 e. The third-order valence-electron chi connectivity index (χ3n) is 3.58. The maximum atomic E-state index is 13.8. The van der Waals surface area contributed by atoms with Crippen molar-refractivity contribution in [2.45, 2.75) is 45.6 Å². The topological polar surface area (TPSA) is 32.3 Å². The molecule has 0 saturated heterocycles. The fraction of sp³-hybridized carbons (Fsp3) is 0.625. The number of hydrogen-bond donors (Lipinski definition) is 2. The lowest BCUT2D eigenvalue weighted by Gasteiger charge is -2.22. The Morgan fingerprint density at radius 3 is 2.53 bits per heavy atom. The molecule has 3 heteroatoms. The van der Waals surface area contributed by atoms with Gasteiger partial charge in [-0.15, -0.1) is 0 Å². The maximum absolute atomic E-state index is 13.8. The molecule has 108 valence electrons. The summed E-state index contributed by atoms with van der Waals surface area (Å²) in [6, 6.07) is 7.00. The van der Waals surface area contributed by atoms with Crippen LogP contribution >= 0.6 is 0 Å². The zero-order valence-corrected chi connectivity index (χ0v) is 12.0. The summed E-state index contributed by atoms with van der Waals surface area (Å²) in [4.78, 5) is 0. The van der Waals surface area contributed by atoms with E-state index in [0.29, 0.717) is 5.92 Å². The summed E-state index contributed by atoms with van der Waals surface area (Å²) in [5.74, 6) is 0.326. The van der Waals surface area contributed by atoms with Crippen molar-refractivity contribution in [3.63, 3.8) is 0 Å². The van der Waals surface area contributed by atoms with Crippen molar-refractivity contribution in [2.24, 2.45) is 5.92 Å². The van der Waals surface area contributed by atoms with Crippen LogP contribution in [0.2, 0.25) is 0 Å². The molecule has 2 atom stereocenters. The van der Waals surface area contributed by atoms with Crippen LogP contribution in [0.3, 0.4) is 0 Å². The second-order valence-electron chi connectivity index (χ2n) is 5.06. The Labute approximate surface area is 116 Å². The summed E-state index contributed by atoms with van der Waals surface area (Å²) in [6.07, 6.45) is 3.89. The van der Waals surface area contributed by atoms with Crippen LogP contribution in [-0.2, 0) is 0 Å². The van der Waals surface area contributed by atoms with Gasteiger partial charge < -0.3 is 10.4 Å². The average Bonchev–Trinajstić information content (AvgIpc) is 2.41. The molecule has 2 N–H and O–H groups in total. The molecular weight excluding hydrogens is 241 g/mol. The highest BCUT2D eigenvalue weighted by Crippen LogP contribution is 2.21. The van der Waals surface area contributed by atoms with E-state index in [0.717, 1.165) is 37.8 Å². The summed E-state index contributed by atoms with van der Waals surface area (Å²) in [5, 5.41) is 12.5. The third-order valence-corrected chi connectivity index (χ3v) is 3.58. The van der Waals surface area contributed by atoms with Gasteiger partial charge in [0.05, 0.1) is 0 Å². The lowest BCUT2D eigenvalue weighted by Crippen LogP contribution is -2.28. The molecule has 0 spiro atoms. The van der Waals surface area contributed by atoms with Gasteiger partial charge in [0.2, 0.25) is 0 Å². The Kier molecular flexibility index (Phi) is 7.68. The number of aliphatic hydroxyl groups excluding tert-OH is 1. The molecule has 0 amide bonds. The van der Waals surface area contributed by atoms with Gasteiger partial charge in [0.25, 0.3) is 0 Å². The third kappa shape index (κ3) is 5.29. The van der Waals surface area contributed by atoms with E-state index in [4.69, 9.17) is 5.11 Å². The predicted octanol–water partition coefficient (Wildman–Crippen LogP) is 3.67. The molecule has 1 aromatic carbocycles. The molecule has 1 rings (SSSR count). The van der Waals surface area contributed by atoms with Gasteiger partial charge in [-0.1, -0.05) is 38.5 Å². The summed E-state index contributed by atoms with van der Waals surface area (Å²) >= 11 is 0. The number of benzene rings is 1. The van der Waals surface area contributed by atoms with E-state index in [1.807, 2.05) is 12.1 Å². The van der Waals surface area contributed by atoms with E-state index in [2.05, 4.69) is 19.2 Å². The molecule has 19 heavy (non-hydrogen) atoms. The van der Waals surface area contributed by atoms with Crippen LogP contribution in [-0.4, -0.2) is 18.3 Å². The van der Waals surface area contributed by atoms with Gasteiger partial charge in [0.15, 0.2) is 0 Å². The highest BCUT2D eigenvalue weighted by atomic mass is 19.1. The second-order valence-corrected chi connectivity index (χ2v) is 5.06. The Morgan fingerprint density at radius 2 is 1.95 bits per heavy atom. The van der Waals surface area contributed by atoms with Crippen LogP contribution in [0.5, 0.6) is 0 Å². The quantitative estimate of drug-likeness (QED) is 0.715. The second kappa shape index (κ2) is 9.05. The minimum absolute atomic E-state index is 0.0549. The zero-order valence-electron chi connectivity index (χ0n) is 12.0. The lowest BCUT2D eigenvalue weighted by atomic mass is 9.98. The number of rotatable bonds is 9. The summed E-state index contributed by atoms with van der Waals surface area (Å²) in [5.41, 5.74) is 0.740. The molecule has 0 bridgehead atoms.